The van der Waals surface area contributed by atoms with E-state index < -0.39 is 55.4 Å². The fraction of sp³-hybridized carbons (Fsp3) is 0.782. The molecule has 376 valence electrons. The SMILES string of the molecule is CCCCCCCC/C=C/C/C=C/C/C=C/CCCC(=O)OC[C@H](CO[C@@H]1O[C@H](CO)[C@H](O)C(O)C1O)OC(=O)CCC/C=C/CC/C=C/CCCCCCCCCCCCCCCC. The van der Waals surface area contributed by atoms with Crippen LogP contribution in [0.15, 0.2) is 60.8 Å². The van der Waals surface area contributed by atoms with Crippen molar-refractivity contribution >= 4 is 11.9 Å². The number of unbranched alkanes of at least 4 members (excludes halogenated alkanes) is 23. The van der Waals surface area contributed by atoms with E-state index in [1.165, 1.54) is 128 Å². The molecule has 0 spiro atoms. The first-order valence-corrected chi connectivity index (χ1v) is 26.4. The maximum Gasteiger partial charge on any atom is 0.306 e. The summed E-state index contributed by atoms with van der Waals surface area (Å²) in [7, 11) is 0. The average molecular weight is 917 g/mol. The largest absolute Gasteiger partial charge is 0.462 e. The third kappa shape index (κ3) is 36.2. The molecule has 1 aliphatic rings. The van der Waals surface area contributed by atoms with Crippen LogP contribution in [0.4, 0.5) is 0 Å². The van der Waals surface area contributed by atoms with Crippen molar-refractivity contribution in [2.75, 3.05) is 19.8 Å². The van der Waals surface area contributed by atoms with Gasteiger partial charge in [-0.1, -0.05) is 190 Å². The fourth-order valence-corrected chi connectivity index (χ4v) is 7.70. The Morgan fingerprint density at radius 2 is 0.877 bits per heavy atom. The minimum Gasteiger partial charge on any atom is -0.462 e. The number of rotatable bonds is 44. The number of carbonyl (C=O) groups is 2. The average Bonchev–Trinajstić information content (AvgIpc) is 3.30. The summed E-state index contributed by atoms with van der Waals surface area (Å²) < 4.78 is 22.1. The molecule has 0 aromatic heterocycles. The number of hydrogen-bond acceptors (Lipinski definition) is 10. The highest BCUT2D eigenvalue weighted by molar-refractivity contribution is 5.70. The summed E-state index contributed by atoms with van der Waals surface area (Å²) in [5.74, 6) is -0.915. The van der Waals surface area contributed by atoms with Crippen LogP contribution in [0.1, 0.15) is 219 Å². The molecule has 1 aliphatic heterocycles. The molecule has 4 N–H and O–H groups in total. The molecule has 0 bridgehead atoms. The first-order valence-electron chi connectivity index (χ1n) is 26.4. The first-order chi connectivity index (χ1) is 31.8. The van der Waals surface area contributed by atoms with Crippen LogP contribution in [0, 0.1) is 0 Å². The lowest BCUT2D eigenvalue weighted by atomic mass is 9.99. The van der Waals surface area contributed by atoms with Gasteiger partial charge in [-0.2, -0.15) is 0 Å². The van der Waals surface area contributed by atoms with E-state index in [-0.39, 0.29) is 26.1 Å². The van der Waals surface area contributed by atoms with Gasteiger partial charge in [0, 0.05) is 12.8 Å². The Morgan fingerprint density at radius 3 is 1.35 bits per heavy atom. The van der Waals surface area contributed by atoms with Gasteiger partial charge in [0.1, 0.15) is 31.0 Å². The highest BCUT2D eigenvalue weighted by Crippen LogP contribution is 2.23. The van der Waals surface area contributed by atoms with Crippen LogP contribution >= 0.6 is 0 Å². The van der Waals surface area contributed by atoms with Crippen molar-refractivity contribution in [3.8, 4) is 0 Å². The summed E-state index contributed by atoms with van der Waals surface area (Å²) in [6.07, 6.45) is 49.7. The van der Waals surface area contributed by atoms with Gasteiger partial charge in [-0.25, -0.2) is 0 Å². The molecule has 0 amide bonds. The smallest absolute Gasteiger partial charge is 0.306 e. The Hall–Kier alpha value is -2.60. The standard InChI is InChI=1S/C55H96O10/c1-3-5-7-9-11-13-15-17-19-21-22-23-24-25-26-28-30-32-34-36-38-40-42-44-51(58)64-48(47-63-55-54(61)53(60)52(59)49(45-56)65-55)46-62-50(57)43-41-39-37-35-33-31-29-27-20-18-16-14-12-10-8-6-4-2/h18,20,28-31,35-38,48-49,52-56,59-61H,3-17,19,21-27,32-34,39-47H2,1-2H3/b20-18+,30-28+,31-29+,37-35+,38-36+/t48-,49-,52+,53?,54?,55-/m1/s1. The van der Waals surface area contributed by atoms with Crippen LogP contribution < -0.4 is 0 Å². The number of carbonyl (C=O) groups excluding carboxylic acids is 2. The van der Waals surface area contributed by atoms with E-state index in [1.54, 1.807) is 0 Å². The van der Waals surface area contributed by atoms with Gasteiger partial charge in [0.15, 0.2) is 12.4 Å². The second kappa shape index (κ2) is 45.2. The topological polar surface area (TPSA) is 152 Å². The van der Waals surface area contributed by atoms with E-state index in [2.05, 4.69) is 74.6 Å². The summed E-state index contributed by atoms with van der Waals surface area (Å²) in [6, 6.07) is 0. The van der Waals surface area contributed by atoms with Crippen molar-refractivity contribution in [1.29, 1.82) is 0 Å². The van der Waals surface area contributed by atoms with Crippen LogP contribution in [-0.2, 0) is 28.5 Å². The van der Waals surface area contributed by atoms with E-state index in [9.17, 15) is 30.0 Å². The van der Waals surface area contributed by atoms with Crippen LogP contribution in [0.2, 0.25) is 0 Å². The van der Waals surface area contributed by atoms with E-state index >= 15 is 0 Å². The summed E-state index contributed by atoms with van der Waals surface area (Å²) in [4.78, 5) is 25.4. The van der Waals surface area contributed by atoms with E-state index in [0.29, 0.717) is 12.8 Å². The molecular weight excluding hydrogens is 821 g/mol. The molecule has 1 heterocycles. The van der Waals surface area contributed by atoms with Crippen molar-refractivity contribution in [2.24, 2.45) is 0 Å². The number of allylic oxidation sites excluding steroid dienone is 10. The van der Waals surface area contributed by atoms with Crippen molar-refractivity contribution in [3.63, 3.8) is 0 Å². The van der Waals surface area contributed by atoms with Gasteiger partial charge in [0.25, 0.3) is 0 Å². The second-order valence-corrected chi connectivity index (χ2v) is 18.0. The zero-order valence-corrected chi connectivity index (χ0v) is 41.2. The molecule has 2 unspecified atom stereocenters. The zero-order valence-electron chi connectivity index (χ0n) is 41.2. The maximum atomic E-state index is 12.8. The van der Waals surface area contributed by atoms with Crippen molar-refractivity contribution in [1.82, 2.24) is 0 Å². The van der Waals surface area contributed by atoms with Crippen LogP contribution in [0.25, 0.3) is 0 Å². The predicted molar refractivity (Wildman–Crippen MR) is 265 cm³/mol. The number of aliphatic hydroxyl groups excluding tert-OH is 4. The lowest BCUT2D eigenvalue weighted by Crippen LogP contribution is -2.59. The highest BCUT2D eigenvalue weighted by atomic mass is 16.7. The Morgan fingerprint density at radius 1 is 0.477 bits per heavy atom. The highest BCUT2D eigenvalue weighted by Gasteiger charge is 2.44. The minimum absolute atomic E-state index is 0.158. The minimum atomic E-state index is -1.61. The summed E-state index contributed by atoms with van der Waals surface area (Å²) in [5, 5.41) is 40.2. The lowest BCUT2D eigenvalue weighted by molar-refractivity contribution is -0.305. The van der Waals surface area contributed by atoms with Gasteiger partial charge in [-0.05, 0) is 77.0 Å². The van der Waals surface area contributed by atoms with Gasteiger partial charge in [0.2, 0.25) is 0 Å². The third-order valence-corrected chi connectivity index (χ3v) is 11.9. The van der Waals surface area contributed by atoms with Crippen LogP contribution in [0.3, 0.4) is 0 Å². The van der Waals surface area contributed by atoms with Crippen molar-refractivity contribution in [2.45, 2.75) is 256 Å². The maximum absolute atomic E-state index is 12.8. The van der Waals surface area contributed by atoms with Crippen LogP contribution in [-0.4, -0.2) is 89.0 Å². The Bertz CT molecular complexity index is 1240. The molecule has 0 aromatic rings. The normalized spacial score (nSPS) is 19.8. The number of aliphatic hydroxyl groups is 4. The van der Waals surface area contributed by atoms with Gasteiger partial charge in [-0.15, -0.1) is 0 Å². The summed E-state index contributed by atoms with van der Waals surface area (Å²) >= 11 is 0. The van der Waals surface area contributed by atoms with E-state index in [0.717, 1.165) is 51.4 Å². The summed E-state index contributed by atoms with van der Waals surface area (Å²) in [6.45, 7) is 3.35. The van der Waals surface area contributed by atoms with Gasteiger partial charge >= 0.3 is 11.9 Å². The second-order valence-electron chi connectivity index (χ2n) is 18.0. The predicted octanol–water partition coefficient (Wildman–Crippen LogP) is 12.6. The molecule has 1 fully saturated rings. The molecule has 10 nitrogen and oxygen atoms in total. The number of ether oxygens (including phenoxy) is 4. The molecule has 1 rings (SSSR count). The quantitative estimate of drug-likeness (QED) is 0.0264. The van der Waals surface area contributed by atoms with Gasteiger partial charge < -0.3 is 39.4 Å². The Labute approximate surface area is 396 Å². The van der Waals surface area contributed by atoms with Crippen LogP contribution in [0.5, 0.6) is 0 Å². The molecule has 0 radical (unpaired) electrons. The van der Waals surface area contributed by atoms with Gasteiger partial charge in [-0.3, -0.25) is 9.59 Å². The lowest BCUT2D eigenvalue weighted by Gasteiger charge is -2.39. The van der Waals surface area contributed by atoms with Crippen molar-refractivity contribution < 1.29 is 49.0 Å². The zero-order chi connectivity index (χ0) is 47.3. The molecule has 1 saturated heterocycles. The number of hydrogen-bond donors (Lipinski definition) is 4. The third-order valence-electron chi connectivity index (χ3n) is 11.9. The molecule has 0 aromatic carbocycles. The molecule has 0 saturated carbocycles. The molecule has 0 aliphatic carbocycles. The Kier molecular flexibility index (Phi) is 42.0. The molecule has 10 heteroatoms. The van der Waals surface area contributed by atoms with E-state index in [1.807, 2.05) is 0 Å². The number of esters is 2. The summed E-state index contributed by atoms with van der Waals surface area (Å²) in [5.41, 5.74) is 0. The van der Waals surface area contributed by atoms with Crippen molar-refractivity contribution in [3.05, 3.63) is 60.8 Å². The molecular formula is C55H96O10. The molecule has 6 atom stereocenters. The Balaban J connectivity index is 2.31. The first kappa shape index (κ1) is 60.4. The van der Waals surface area contributed by atoms with Gasteiger partial charge in [0.05, 0.1) is 13.2 Å². The van der Waals surface area contributed by atoms with E-state index in [4.69, 9.17) is 18.9 Å². The monoisotopic (exact) mass is 917 g/mol. The molecule has 65 heavy (non-hydrogen) atoms. The fourth-order valence-electron chi connectivity index (χ4n) is 7.70.